The van der Waals surface area contributed by atoms with Crippen LogP contribution in [0.1, 0.15) is 11.5 Å². The lowest BCUT2D eigenvalue weighted by molar-refractivity contribution is -0.158. The van der Waals surface area contributed by atoms with Gasteiger partial charge in [0.1, 0.15) is 0 Å². The van der Waals surface area contributed by atoms with Crippen LogP contribution < -0.4 is 9.47 Å². The van der Waals surface area contributed by atoms with E-state index in [0.717, 1.165) is 5.56 Å². The lowest BCUT2D eigenvalue weighted by Gasteiger charge is -2.13. The minimum absolute atomic E-state index is 0.171. The summed E-state index contributed by atoms with van der Waals surface area (Å²) in [7, 11) is 4.38. The smallest absolute Gasteiger partial charge is 0.324 e. The summed E-state index contributed by atoms with van der Waals surface area (Å²) >= 11 is 0. The van der Waals surface area contributed by atoms with Crippen molar-refractivity contribution in [3.05, 3.63) is 23.8 Å². The molecular formula is C15H16O6. The third-order valence-corrected chi connectivity index (χ3v) is 4.39. The highest BCUT2D eigenvalue weighted by Gasteiger charge is 2.80. The zero-order valence-electron chi connectivity index (χ0n) is 12.0. The molecule has 112 valence electrons. The van der Waals surface area contributed by atoms with Gasteiger partial charge in [-0.1, -0.05) is 6.07 Å². The average Bonchev–Trinajstić information content (AvgIpc) is 3.09. The number of carbonyl (C=O) groups excluding carboxylic acids is 2. The Morgan fingerprint density at radius 1 is 1.24 bits per heavy atom. The van der Waals surface area contributed by atoms with Crippen LogP contribution in [-0.2, 0) is 19.1 Å². The van der Waals surface area contributed by atoms with Crippen LogP contribution in [0.25, 0.3) is 0 Å². The molecule has 1 heterocycles. The van der Waals surface area contributed by atoms with E-state index in [0.29, 0.717) is 11.5 Å². The topological polar surface area (TPSA) is 71.1 Å². The number of carbonyl (C=O) groups is 2. The second-order valence-electron chi connectivity index (χ2n) is 5.16. The van der Waals surface area contributed by atoms with Crippen molar-refractivity contribution in [2.45, 2.75) is 5.92 Å². The van der Waals surface area contributed by atoms with Crippen molar-refractivity contribution in [3.8, 4) is 11.5 Å². The normalized spacial score (nSPS) is 29.4. The van der Waals surface area contributed by atoms with Crippen LogP contribution in [0.5, 0.6) is 11.5 Å². The molecule has 0 N–H and O–H groups in total. The fourth-order valence-corrected chi connectivity index (χ4v) is 3.32. The maximum absolute atomic E-state index is 12.1. The summed E-state index contributed by atoms with van der Waals surface area (Å²) in [5.74, 6) is -0.273. The molecule has 1 aromatic carbocycles. The molecule has 6 heteroatoms. The second kappa shape index (κ2) is 4.65. The summed E-state index contributed by atoms with van der Waals surface area (Å²) in [4.78, 5) is 24.1. The Labute approximate surface area is 121 Å². The molecule has 3 atom stereocenters. The Bertz CT molecular complexity index is 610. The number of ether oxygens (including phenoxy) is 4. The molecule has 0 aromatic heterocycles. The molecule has 1 aliphatic heterocycles. The molecular weight excluding hydrogens is 276 g/mol. The van der Waals surface area contributed by atoms with Gasteiger partial charge in [0.25, 0.3) is 0 Å². The van der Waals surface area contributed by atoms with Gasteiger partial charge in [0.2, 0.25) is 0 Å². The van der Waals surface area contributed by atoms with Gasteiger partial charge in [-0.3, -0.25) is 9.59 Å². The Morgan fingerprint density at radius 2 is 1.95 bits per heavy atom. The summed E-state index contributed by atoms with van der Waals surface area (Å²) in [6.45, 7) is 0.243. The third-order valence-electron chi connectivity index (χ3n) is 4.39. The Morgan fingerprint density at radius 3 is 2.57 bits per heavy atom. The van der Waals surface area contributed by atoms with Crippen molar-refractivity contribution >= 4 is 11.9 Å². The van der Waals surface area contributed by atoms with E-state index >= 15 is 0 Å². The number of methoxy groups -OCH3 is 3. The van der Waals surface area contributed by atoms with Gasteiger partial charge < -0.3 is 18.9 Å². The SMILES string of the molecule is COC(=O)[C@]12C(=O)OC[C@H]1[C@@H]2c1ccc(OC)c(OC)c1. The van der Waals surface area contributed by atoms with Crippen LogP contribution in [0.3, 0.4) is 0 Å². The van der Waals surface area contributed by atoms with Gasteiger partial charge in [-0.15, -0.1) is 0 Å². The highest BCUT2D eigenvalue weighted by Crippen LogP contribution is 2.69. The number of benzene rings is 1. The van der Waals surface area contributed by atoms with Crippen molar-refractivity contribution in [2.24, 2.45) is 11.3 Å². The molecule has 3 rings (SSSR count). The van der Waals surface area contributed by atoms with Gasteiger partial charge in [-0.25, -0.2) is 0 Å². The largest absolute Gasteiger partial charge is 0.493 e. The van der Waals surface area contributed by atoms with E-state index < -0.39 is 17.4 Å². The molecule has 0 unspecified atom stereocenters. The first kappa shape index (κ1) is 13.7. The summed E-state index contributed by atoms with van der Waals surface area (Å²) in [6, 6.07) is 5.39. The zero-order chi connectivity index (χ0) is 15.2. The van der Waals surface area contributed by atoms with E-state index in [9.17, 15) is 9.59 Å². The van der Waals surface area contributed by atoms with Crippen molar-refractivity contribution in [2.75, 3.05) is 27.9 Å². The van der Waals surface area contributed by atoms with Crippen LogP contribution in [-0.4, -0.2) is 39.9 Å². The first-order chi connectivity index (χ1) is 10.1. The maximum atomic E-state index is 12.1. The minimum atomic E-state index is -1.19. The molecule has 2 aliphatic rings. The summed E-state index contributed by atoms with van der Waals surface area (Å²) in [5.41, 5.74) is -0.339. The van der Waals surface area contributed by atoms with Crippen LogP contribution >= 0.6 is 0 Å². The van der Waals surface area contributed by atoms with E-state index in [-0.39, 0.29) is 18.4 Å². The number of esters is 2. The molecule has 21 heavy (non-hydrogen) atoms. The van der Waals surface area contributed by atoms with Gasteiger partial charge in [0.15, 0.2) is 16.9 Å². The number of hydrogen-bond acceptors (Lipinski definition) is 6. The van der Waals surface area contributed by atoms with Gasteiger partial charge in [-0.2, -0.15) is 0 Å². The maximum Gasteiger partial charge on any atom is 0.324 e. The fourth-order valence-electron chi connectivity index (χ4n) is 3.32. The number of fused-ring (bicyclic) bond motifs is 1. The molecule has 0 radical (unpaired) electrons. The van der Waals surface area contributed by atoms with E-state index in [1.807, 2.05) is 6.07 Å². The van der Waals surface area contributed by atoms with Crippen LogP contribution in [0.15, 0.2) is 18.2 Å². The Kier molecular flexibility index (Phi) is 3.04. The van der Waals surface area contributed by atoms with Gasteiger partial charge >= 0.3 is 11.9 Å². The quantitative estimate of drug-likeness (QED) is 0.612. The number of cyclic esters (lactones) is 1. The highest BCUT2D eigenvalue weighted by molar-refractivity contribution is 6.07. The van der Waals surface area contributed by atoms with Gasteiger partial charge in [0.05, 0.1) is 27.9 Å². The minimum Gasteiger partial charge on any atom is -0.493 e. The van der Waals surface area contributed by atoms with Crippen molar-refractivity contribution < 1.29 is 28.5 Å². The number of hydrogen-bond donors (Lipinski definition) is 0. The molecule has 2 fully saturated rings. The predicted octanol–water partition coefficient (Wildman–Crippen LogP) is 1.13. The monoisotopic (exact) mass is 292 g/mol. The van der Waals surface area contributed by atoms with Crippen molar-refractivity contribution in [1.29, 1.82) is 0 Å². The van der Waals surface area contributed by atoms with Crippen LogP contribution in [0, 0.1) is 11.3 Å². The van der Waals surface area contributed by atoms with Crippen LogP contribution in [0.2, 0.25) is 0 Å². The van der Waals surface area contributed by atoms with E-state index in [1.165, 1.54) is 7.11 Å². The van der Waals surface area contributed by atoms with Crippen molar-refractivity contribution in [1.82, 2.24) is 0 Å². The molecule has 1 aliphatic carbocycles. The first-order valence-corrected chi connectivity index (χ1v) is 6.58. The third kappa shape index (κ3) is 1.65. The molecule has 1 aromatic rings. The van der Waals surface area contributed by atoms with E-state index in [1.54, 1.807) is 26.4 Å². The molecule has 0 bridgehead atoms. The Hall–Kier alpha value is -2.24. The van der Waals surface area contributed by atoms with E-state index in [4.69, 9.17) is 18.9 Å². The lowest BCUT2D eigenvalue weighted by atomic mass is 9.99. The fraction of sp³-hybridized carbons (Fsp3) is 0.467. The summed E-state index contributed by atoms with van der Waals surface area (Å²) in [6.07, 6.45) is 0. The molecule has 1 saturated carbocycles. The number of rotatable bonds is 4. The standard InChI is InChI=1S/C15H16O6/c1-18-10-5-4-8(6-11(10)19-2)12-9-7-21-14(17)15(9,12)13(16)20-3/h4-6,9,12H,7H2,1-3H3/t9-,12-,15-/m0/s1. The van der Waals surface area contributed by atoms with E-state index in [2.05, 4.69) is 0 Å². The van der Waals surface area contributed by atoms with Gasteiger partial charge in [0, 0.05) is 11.8 Å². The Balaban J connectivity index is 1.99. The second-order valence-corrected chi connectivity index (χ2v) is 5.16. The zero-order valence-corrected chi connectivity index (χ0v) is 12.0. The summed E-state index contributed by atoms with van der Waals surface area (Å²) < 4.78 is 20.3. The molecule has 6 nitrogen and oxygen atoms in total. The summed E-state index contributed by atoms with van der Waals surface area (Å²) in [5, 5.41) is 0. The lowest BCUT2D eigenvalue weighted by Crippen LogP contribution is -2.28. The molecule has 1 saturated heterocycles. The highest BCUT2D eigenvalue weighted by atomic mass is 16.6. The van der Waals surface area contributed by atoms with Crippen molar-refractivity contribution in [3.63, 3.8) is 0 Å². The first-order valence-electron chi connectivity index (χ1n) is 6.58. The predicted molar refractivity (Wildman–Crippen MR) is 71.2 cm³/mol. The molecule has 0 spiro atoms. The van der Waals surface area contributed by atoms with Gasteiger partial charge in [-0.05, 0) is 17.7 Å². The van der Waals surface area contributed by atoms with Crippen LogP contribution in [0.4, 0.5) is 0 Å². The average molecular weight is 292 g/mol. The molecule has 0 amide bonds.